The topological polar surface area (TPSA) is 79.5 Å². The van der Waals surface area contributed by atoms with Gasteiger partial charge >= 0.3 is 0 Å². The highest BCUT2D eigenvalue weighted by atomic mass is 16.3. The number of hydrogen-bond donors (Lipinski definition) is 2. The Morgan fingerprint density at radius 1 is 1.17 bits per heavy atom. The highest BCUT2D eigenvalue weighted by Gasteiger charge is 2.34. The first-order chi connectivity index (χ1) is 11.1. The summed E-state index contributed by atoms with van der Waals surface area (Å²) in [6.07, 6.45) is 3.38. The molecule has 1 amide bonds. The lowest BCUT2D eigenvalue weighted by Gasteiger charge is -2.38. The van der Waals surface area contributed by atoms with Crippen LogP contribution in [-0.2, 0) is 6.42 Å². The summed E-state index contributed by atoms with van der Waals surface area (Å²) in [6.45, 7) is 1.10. The molecule has 0 bridgehead atoms. The van der Waals surface area contributed by atoms with Crippen LogP contribution in [0, 0.1) is 0 Å². The molecule has 1 aliphatic heterocycles. The predicted octanol–water partition coefficient (Wildman–Crippen LogP) is 1.87. The summed E-state index contributed by atoms with van der Waals surface area (Å²) in [7, 11) is 0. The van der Waals surface area contributed by atoms with Gasteiger partial charge in [0, 0.05) is 42.7 Å². The van der Waals surface area contributed by atoms with Crippen LogP contribution in [0.1, 0.15) is 28.9 Å². The van der Waals surface area contributed by atoms with E-state index in [0.717, 1.165) is 5.69 Å². The molecular weight excluding hydrogens is 290 g/mol. The molecule has 5 nitrogen and oxygen atoms in total. The molecule has 0 radical (unpaired) electrons. The minimum absolute atomic E-state index is 0.00936. The van der Waals surface area contributed by atoms with Crippen molar-refractivity contribution >= 4 is 11.6 Å². The van der Waals surface area contributed by atoms with Crippen molar-refractivity contribution in [1.82, 2.24) is 9.88 Å². The summed E-state index contributed by atoms with van der Waals surface area (Å²) in [5, 5.41) is 10.7. The van der Waals surface area contributed by atoms with Crippen LogP contribution >= 0.6 is 0 Å². The van der Waals surface area contributed by atoms with Gasteiger partial charge < -0.3 is 15.7 Å². The molecule has 1 fully saturated rings. The molecular formula is C18H21N3O2. The van der Waals surface area contributed by atoms with Gasteiger partial charge in [-0.15, -0.1) is 0 Å². The number of nitrogens with zero attached hydrogens (tertiary/aromatic N) is 2. The molecule has 0 saturated carbocycles. The number of pyridine rings is 1. The van der Waals surface area contributed by atoms with Gasteiger partial charge in [0.1, 0.15) is 0 Å². The molecule has 2 aromatic rings. The number of rotatable bonds is 3. The van der Waals surface area contributed by atoms with Gasteiger partial charge in [-0.25, -0.2) is 0 Å². The van der Waals surface area contributed by atoms with Crippen molar-refractivity contribution in [3.63, 3.8) is 0 Å². The molecule has 0 aliphatic carbocycles. The zero-order chi connectivity index (χ0) is 16.3. The van der Waals surface area contributed by atoms with Crippen molar-refractivity contribution in [1.29, 1.82) is 0 Å². The predicted molar refractivity (Wildman–Crippen MR) is 88.9 cm³/mol. The lowest BCUT2D eigenvalue weighted by atomic mass is 9.86. The van der Waals surface area contributed by atoms with E-state index in [1.807, 2.05) is 18.2 Å². The Bertz CT molecular complexity index is 662. The zero-order valence-electron chi connectivity index (χ0n) is 13.0. The third kappa shape index (κ3) is 3.68. The van der Waals surface area contributed by atoms with E-state index in [2.05, 4.69) is 4.98 Å². The third-order valence-electron chi connectivity index (χ3n) is 4.38. The van der Waals surface area contributed by atoms with Crippen LogP contribution in [-0.4, -0.2) is 39.6 Å². The quantitative estimate of drug-likeness (QED) is 0.848. The molecule has 23 heavy (non-hydrogen) atoms. The Labute approximate surface area is 135 Å². The number of aliphatic hydroxyl groups is 1. The Morgan fingerprint density at radius 3 is 2.48 bits per heavy atom. The Balaban J connectivity index is 1.61. The number of anilines is 1. The van der Waals surface area contributed by atoms with E-state index in [1.165, 1.54) is 0 Å². The second-order valence-corrected chi connectivity index (χ2v) is 6.14. The standard InChI is InChI=1S/C18H21N3O2/c19-15-6-4-14(5-7-15)17(22)21-11-8-18(23,9-12-21)13-16-3-1-2-10-20-16/h1-7,10,23H,8-9,11-13,19H2. The number of nitrogen functional groups attached to an aromatic ring is 1. The number of hydrogen-bond acceptors (Lipinski definition) is 4. The summed E-state index contributed by atoms with van der Waals surface area (Å²) < 4.78 is 0. The third-order valence-corrected chi connectivity index (χ3v) is 4.38. The van der Waals surface area contributed by atoms with Crippen LogP contribution in [0.3, 0.4) is 0 Å². The minimum atomic E-state index is -0.785. The van der Waals surface area contributed by atoms with E-state index in [1.54, 1.807) is 35.4 Å². The zero-order valence-corrected chi connectivity index (χ0v) is 13.0. The van der Waals surface area contributed by atoms with Gasteiger partial charge in [-0.2, -0.15) is 0 Å². The largest absolute Gasteiger partial charge is 0.399 e. The first-order valence-electron chi connectivity index (χ1n) is 7.83. The molecule has 0 atom stereocenters. The van der Waals surface area contributed by atoms with Crippen LogP contribution in [0.5, 0.6) is 0 Å². The minimum Gasteiger partial charge on any atom is -0.399 e. The Hall–Kier alpha value is -2.40. The van der Waals surface area contributed by atoms with E-state index in [0.29, 0.717) is 43.6 Å². The summed E-state index contributed by atoms with van der Waals surface area (Å²) >= 11 is 0. The smallest absolute Gasteiger partial charge is 0.253 e. The molecule has 3 N–H and O–H groups in total. The number of carbonyl (C=O) groups excluding carboxylic acids is 1. The normalized spacial score (nSPS) is 17.0. The van der Waals surface area contributed by atoms with Crippen LogP contribution in [0.2, 0.25) is 0 Å². The van der Waals surface area contributed by atoms with E-state index in [9.17, 15) is 9.90 Å². The van der Waals surface area contributed by atoms with Gasteiger partial charge in [-0.1, -0.05) is 6.07 Å². The van der Waals surface area contributed by atoms with E-state index in [-0.39, 0.29) is 5.91 Å². The van der Waals surface area contributed by atoms with Crippen LogP contribution < -0.4 is 5.73 Å². The molecule has 1 aliphatic rings. The average Bonchev–Trinajstić information content (AvgIpc) is 2.56. The van der Waals surface area contributed by atoms with Gasteiger partial charge in [0.05, 0.1) is 5.60 Å². The highest BCUT2D eigenvalue weighted by molar-refractivity contribution is 5.94. The van der Waals surface area contributed by atoms with Gasteiger partial charge in [0.2, 0.25) is 0 Å². The number of likely N-dealkylation sites (tertiary alicyclic amines) is 1. The second kappa shape index (κ2) is 6.38. The summed E-state index contributed by atoms with van der Waals surface area (Å²) in [5.41, 5.74) is 7.02. The molecule has 1 saturated heterocycles. The maximum absolute atomic E-state index is 12.5. The molecule has 0 unspecified atom stereocenters. The Kier molecular flexibility index (Phi) is 4.30. The van der Waals surface area contributed by atoms with Gasteiger partial charge in [0.15, 0.2) is 0 Å². The van der Waals surface area contributed by atoms with Crippen LogP contribution in [0.15, 0.2) is 48.7 Å². The molecule has 2 heterocycles. The molecule has 0 spiro atoms. The number of amides is 1. The number of piperidine rings is 1. The number of aromatic nitrogens is 1. The first-order valence-corrected chi connectivity index (χ1v) is 7.83. The van der Waals surface area contributed by atoms with Crippen molar-refractivity contribution in [2.24, 2.45) is 0 Å². The fraction of sp³-hybridized carbons (Fsp3) is 0.333. The van der Waals surface area contributed by atoms with Gasteiger partial charge in [-0.05, 0) is 49.2 Å². The molecule has 1 aromatic heterocycles. The monoisotopic (exact) mass is 311 g/mol. The summed E-state index contributed by atoms with van der Waals surface area (Å²) in [5.74, 6) is -0.00936. The van der Waals surface area contributed by atoms with Crippen molar-refractivity contribution in [2.75, 3.05) is 18.8 Å². The van der Waals surface area contributed by atoms with Crippen molar-refractivity contribution < 1.29 is 9.90 Å². The van der Waals surface area contributed by atoms with Crippen molar-refractivity contribution in [2.45, 2.75) is 24.9 Å². The number of nitrogens with two attached hydrogens (primary N) is 1. The average molecular weight is 311 g/mol. The van der Waals surface area contributed by atoms with Crippen LogP contribution in [0.25, 0.3) is 0 Å². The van der Waals surface area contributed by atoms with Crippen molar-refractivity contribution in [3.8, 4) is 0 Å². The van der Waals surface area contributed by atoms with E-state index < -0.39 is 5.60 Å². The van der Waals surface area contributed by atoms with E-state index in [4.69, 9.17) is 5.73 Å². The summed E-state index contributed by atoms with van der Waals surface area (Å²) in [6, 6.07) is 12.7. The second-order valence-electron chi connectivity index (χ2n) is 6.14. The highest BCUT2D eigenvalue weighted by Crippen LogP contribution is 2.26. The fourth-order valence-corrected chi connectivity index (χ4v) is 2.95. The molecule has 3 rings (SSSR count). The van der Waals surface area contributed by atoms with Gasteiger partial charge in [0.25, 0.3) is 5.91 Å². The maximum Gasteiger partial charge on any atom is 0.253 e. The van der Waals surface area contributed by atoms with Crippen LogP contribution in [0.4, 0.5) is 5.69 Å². The van der Waals surface area contributed by atoms with E-state index >= 15 is 0 Å². The number of benzene rings is 1. The number of carbonyl (C=O) groups is 1. The first kappa shape index (κ1) is 15.5. The molecule has 120 valence electrons. The van der Waals surface area contributed by atoms with Gasteiger partial charge in [-0.3, -0.25) is 9.78 Å². The lowest BCUT2D eigenvalue weighted by molar-refractivity contribution is -0.0168. The Morgan fingerprint density at radius 2 is 1.87 bits per heavy atom. The maximum atomic E-state index is 12.5. The summed E-state index contributed by atoms with van der Waals surface area (Å²) in [4.78, 5) is 18.5. The fourth-order valence-electron chi connectivity index (χ4n) is 2.95. The molecule has 5 heteroatoms. The lowest BCUT2D eigenvalue weighted by Crippen LogP contribution is -2.47. The SMILES string of the molecule is Nc1ccc(C(=O)N2CCC(O)(Cc3ccccn3)CC2)cc1. The van der Waals surface area contributed by atoms with Crippen molar-refractivity contribution in [3.05, 3.63) is 59.9 Å². The molecule has 1 aromatic carbocycles.